The van der Waals surface area contributed by atoms with E-state index in [4.69, 9.17) is 0 Å². The molecule has 2 aromatic rings. The molecule has 1 amide bonds. The van der Waals surface area contributed by atoms with Crippen molar-refractivity contribution in [3.05, 3.63) is 64.6 Å². The number of hydrogen-bond donors (Lipinski definition) is 1. The number of amides is 1. The molecule has 1 atom stereocenters. The lowest BCUT2D eigenvalue weighted by Gasteiger charge is -2.15. The summed E-state index contributed by atoms with van der Waals surface area (Å²) in [5.74, 6) is -0.209. The number of nitrogens with one attached hydrogen (secondary N) is 1. The van der Waals surface area contributed by atoms with Crippen LogP contribution in [0, 0.1) is 6.92 Å². The fourth-order valence-electron chi connectivity index (χ4n) is 1.82. The first-order valence-electron chi connectivity index (χ1n) is 6.13. The average Bonchev–Trinajstić information content (AvgIpc) is 2.42. The minimum Gasteiger partial charge on any atom is -0.324 e. The van der Waals surface area contributed by atoms with Crippen molar-refractivity contribution in [3.63, 3.8) is 0 Å². The van der Waals surface area contributed by atoms with Crippen molar-refractivity contribution in [1.82, 2.24) is 4.57 Å². The largest absolute Gasteiger partial charge is 0.324 e. The SMILES string of the molecule is Cc1cccn(C(C)C(=O)Nc2ccccc2)c1=O. The van der Waals surface area contributed by atoms with Gasteiger partial charge in [-0.2, -0.15) is 0 Å². The Kier molecular flexibility index (Phi) is 3.80. The topological polar surface area (TPSA) is 51.1 Å². The minimum atomic E-state index is -0.549. The number of carbonyl (C=O) groups excluding carboxylic acids is 1. The number of benzene rings is 1. The summed E-state index contributed by atoms with van der Waals surface area (Å²) in [4.78, 5) is 24.1. The van der Waals surface area contributed by atoms with Gasteiger partial charge in [0.05, 0.1) is 0 Å². The fraction of sp³-hybridized carbons (Fsp3) is 0.200. The van der Waals surface area contributed by atoms with Gasteiger partial charge in [-0.05, 0) is 32.0 Å². The van der Waals surface area contributed by atoms with Crippen LogP contribution in [0.1, 0.15) is 18.5 Å². The predicted octanol–water partition coefficient (Wildman–Crippen LogP) is 2.36. The van der Waals surface area contributed by atoms with Gasteiger partial charge in [-0.15, -0.1) is 0 Å². The van der Waals surface area contributed by atoms with Gasteiger partial charge in [0.2, 0.25) is 5.91 Å². The number of pyridine rings is 1. The van der Waals surface area contributed by atoms with Crippen molar-refractivity contribution in [2.75, 3.05) is 5.32 Å². The molecule has 2 rings (SSSR count). The monoisotopic (exact) mass is 256 g/mol. The van der Waals surface area contributed by atoms with Crippen LogP contribution in [0.2, 0.25) is 0 Å². The van der Waals surface area contributed by atoms with E-state index in [2.05, 4.69) is 5.32 Å². The first-order chi connectivity index (χ1) is 9.09. The summed E-state index contributed by atoms with van der Waals surface area (Å²) in [6, 6.07) is 12.1. The van der Waals surface area contributed by atoms with E-state index in [0.29, 0.717) is 5.56 Å². The highest BCUT2D eigenvalue weighted by Crippen LogP contribution is 2.10. The van der Waals surface area contributed by atoms with Crippen LogP contribution in [-0.4, -0.2) is 10.5 Å². The summed E-state index contributed by atoms with van der Waals surface area (Å²) in [5, 5.41) is 2.79. The highest BCUT2D eigenvalue weighted by atomic mass is 16.2. The molecule has 4 nitrogen and oxygen atoms in total. The lowest BCUT2D eigenvalue weighted by molar-refractivity contribution is -0.118. The molecule has 0 fully saturated rings. The summed E-state index contributed by atoms with van der Waals surface area (Å²) in [6.07, 6.45) is 1.63. The van der Waals surface area contributed by atoms with Crippen molar-refractivity contribution in [3.8, 4) is 0 Å². The van der Waals surface area contributed by atoms with E-state index in [-0.39, 0.29) is 11.5 Å². The number of para-hydroxylation sites is 1. The Hall–Kier alpha value is -2.36. The van der Waals surface area contributed by atoms with Crippen molar-refractivity contribution >= 4 is 11.6 Å². The first kappa shape index (κ1) is 13.1. The Labute approximate surface area is 111 Å². The van der Waals surface area contributed by atoms with Crippen LogP contribution in [0.4, 0.5) is 5.69 Å². The number of aryl methyl sites for hydroxylation is 1. The van der Waals surface area contributed by atoms with Crippen LogP contribution in [0.15, 0.2) is 53.5 Å². The molecule has 1 N–H and O–H groups in total. The zero-order valence-corrected chi connectivity index (χ0v) is 11.0. The quantitative estimate of drug-likeness (QED) is 0.916. The van der Waals surface area contributed by atoms with Crippen LogP contribution in [-0.2, 0) is 4.79 Å². The van der Waals surface area contributed by atoms with E-state index in [1.807, 2.05) is 30.3 Å². The molecule has 1 aromatic carbocycles. The first-order valence-corrected chi connectivity index (χ1v) is 6.13. The maximum atomic E-state index is 12.1. The van der Waals surface area contributed by atoms with Crippen LogP contribution in [0.3, 0.4) is 0 Å². The van der Waals surface area contributed by atoms with Crippen LogP contribution in [0.5, 0.6) is 0 Å². The van der Waals surface area contributed by atoms with Gasteiger partial charge in [0.25, 0.3) is 5.56 Å². The predicted molar refractivity (Wildman–Crippen MR) is 75.2 cm³/mol. The molecule has 1 heterocycles. The molecule has 1 unspecified atom stereocenters. The molecule has 0 bridgehead atoms. The van der Waals surface area contributed by atoms with Gasteiger partial charge in [-0.1, -0.05) is 24.3 Å². The molecule has 0 saturated carbocycles. The third kappa shape index (κ3) is 2.91. The number of anilines is 1. The Bertz CT molecular complexity index is 632. The summed E-state index contributed by atoms with van der Waals surface area (Å²) in [5.41, 5.74) is 1.21. The van der Waals surface area contributed by atoms with E-state index in [9.17, 15) is 9.59 Å². The van der Waals surface area contributed by atoms with Gasteiger partial charge >= 0.3 is 0 Å². The standard InChI is InChI=1S/C15H16N2O2/c1-11-7-6-10-17(15(11)19)12(2)14(18)16-13-8-4-3-5-9-13/h3-10,12H,1-2H3,(H,16,18). The molecule has 4 heteroatoms. The van der Waals surface area contributed by atoms with Gasteiger partial charge in [-0.25, -0.2) is 0 Å². The van der Waals surface area contributed by atoms with E-state index < -0.39 is 6.04 Å². The second kappa shape index (κ2) is 5.52. The van der Waals surface area contributed by atoms with Crippen molar-refractivity contribution < 1.29 is 4.79 Å². The molecule has 0 aliphatic heterocycles. The smallest absolute Gasteiger partial charge is 0.254 e. The van der Waals surface area contributed by atoms with Gasteiger partial charge < -0.3 is 9.88 Å². The fourth-order valence-corrected chi connectivity index (χ4v) is 1.82. The second-order valence-electron chi connectivity index (χ2n) is 4.43. The van der Waals surface area contributed by atoms with E-state index in [1.54, 1.807) is 32.2 Å². The van der Waals surface area contributed by atoms with Crippen LogP contribution < -0.4 is 10.9 Å². The lowest BCUT2D eigenvalue weighted by Crippen LogP contribution is -2.32. The third-order valence-corrected chi connectivity index (χ3v) is 3.00. The second-order valence-corrected chi connectivity index (χ2v) is 4.43. The Balaban J connectivity index is 2.20. The van der Waals surface area contributed by atoms with Crippen molar-refractivity contribution in [2.24, 2.45) is 0 Å². The number of hydrogen-bond acceptors (Lipinski definition) is 2. The Morgan fingerprint density at radius 3 is 2.53 bits per heavy atom. The van der Waals surface area contributed by atoms with Crippen molar-refractivity contribution in [1.29, 1.82) is 0 Å². The normalized spacial score (nSPS) is 11.9. The number of carbonyl (C=O) groups is 1. The zero-order valence-electron chi connectivity index (χ0n) is 11.0. The van der Waals surface area contributed by atoms with Crippen LogP contribution in [0.25, 0.3) is 0 Å². The molecular formula is C15H16N2O2. The molecule has 0 aliphatic carbocycles. The maximum absolute atomic E-state index is 12.1. The van der Waals surface area contributed by atoms with Crippen LogP contribution >= 0.6 is 0 Å². The van der Waals surface area contributed by atoms with E-state index >= 15 is 0 Å². The molecule has 1 aromatic heterocycles. The highest BCUT2D eigenvalue weighted by molar-refractivity contribution is 5.93. The molecule has 0 radical (unpaired) electrons. The Morgan fingerprint density at radius 1 is 1.16 bits per heavy atom. The zero-order chi connectivity index (χ0) is 13.8. The number of rotatable bonds is 3. The molecular weight excluding hydrogens is 240 g/mol. The van der Waals surface area contributed by atoms with Gasteiger partial charge in [0, 0.05) is 17.4 Å². The minimum absolute atomic E-state index is 0.141. The molecule has 0 spiro atoms. The summed E-state index contributed by atoms with van der Waals surface area (Å²) < 4.78 is 1.44. The summed E-state index contributed by atoms with van der Waals surface area (Å²) in [7, 11) is 0. The highest BCUT2D eigenvalue weighted by Gasteiger charge is 2.16. The maximum Gasteiger partial charge on any atom is 0.254 e. The van der Waals surface area contributed by atoms with Crippen molar-refractivity contribution in [2.45, 2.75) is 19.9 Å². The molecule has 19 heavy (non-hydrogen) atoms. The number of nitrogens with zero attached hydrogens (tertiary/aromatic N) is 1. The summed E-state index contributed by atoms with van der Waals surface area (Å²) in [6.45, 7) is 3.44. The molecule has 98 valence electrons. The average molecular weight is 256 g/mol. The van der Waals surface area contributed by atoms with Gasteiger partial charge in [0.15, 0.2) is 0 Å². The lowest BCUT2D eigenvalue weighted by atomic mass is 10.2. The molecule has 0 saturated heterocycles. The van der Waals surface area contributed by atoms with Gasteiger partial charge in [0.1, 0.15) is 6.04 Å². The van der Waals surface area contributed by atoms with Gasteiger partial charge in [-0.3, -0.25) is 9.59 Å². The molecule has 0 aliphatic rings. The third-order valence-electron chi connectivity index (χ3n) is 3.00. The van der Waals surface area contributed by atoms with E-state index in [1.165, 1.54) is 4.57 Å². The number of aromatic nitrogens is 1. The Morgan fingerprint density at radius 2 is 1.84 bits per heavy atom. The van der Waals surface area contributed by atoms with E-state index in [0.717, 1.165) is 5.69 Å². The summed E-state index contributed by atoms with van der Waals surface area (Å²) >= 11 is 0.